The summed E-state index contributed by atoms with van der Waals surface area (Å²) in [7, 11) is 0. The van der Waals surface area contributed by atoms with Crippen molar-refractivity contribution >= 4 is 11.8 Å². The van der Waals surface area contributed by atoms with Crippen molar-refractivity contribution < 1.29 is 23.9 Å². The number of hydrogen-bond donors (Lipinski definition) is 2. The van der Waals surface area contributed by atoms with Crippen LogP contribution in [0, 0.1) is 0 Å². The molecule has 2 aromatic carbocycles. The molecule has 0 fully saturated rings. The largest absolute Gasteiger partial charge is 0.544 e. The summed E-state index contributed by atoms with van der Waals surface area (Å²) in [6, 6.07) is 16.1. The minimum Gasteiger partial charge on any atom is -0.544 e. The Morgan fingerprint density at radius 2 is 1.45 bits per heavy atom. The molecule has 0 aliphatic heterocycles. The first kappa shape index (κ1) is 22.5. The van der Waals surface area contributed by atoms with Gasteiger partial charge in [-0.05, 0) is 24.3 Å². The lowest BCUT2D eigenvalue weighted by Crippen LogP contribution is -2.58. The summed E-state index contributed by atoms with van der Waals surface area (Å²) >= 11 is 0. The van der Waals surface area contributed by atoms with Crippen LogP contribution in [0.25, 0.3) is 0 Å². The van der Waals surface area contributed by atoms with E-state index < -0.39 is 5.97 Å². The first-order chi connectivity index (χ1) is 14.0. The van der Waals surface area contributed by atoms with Crippen molar-refractivity contribution in [2.45, 2.75) is 6.42 Å². The molecule has 0 saturated heterocycles. The number of nitrogens with zero attached hydrogens (tertiary/aromatic N) is 1. The molecule has 0 heterocycles. The Morgan fingerprint density at radius 3 is 2.00 bits per heavy atom. The van der Waals surface area contributed by atoms with Crippen molar-refractivity contribution in [1.82, 2.24) is 0 Å². The molecule has 2 rings (SSSR count). The monoisotopic (exact) mass is 399 g/mol. The first-order valence-electron chi connectivity index (χ1n) is 9.77. The maximum Gasteiger partial charge on any atom is 0.193 e. The summed E-state index contributed by atoms with van der Waals surface area (Å²) in [5.41, 5.74) is 12.6. The fourth-order valence-electron chi connectivity index (χ4n) is 3.44. The molecule has 4 N–H and O–H groups in total. The first-order valence-corrected chi connectivity index (χ1v) is 9.77. The normalized spacial score (nSPS) is 11.2. The molecule has 0 amide bonds. The van der Waals surface area contributed by atoms with E-state index >= 15 is 0 Å². The van der Waals surface area contributed by atoms with E-state index in [9.17, 15) is 14.7 Å². The van der Waals surface area contributed by atoms with Gasteiger partial charge in [0.1, 0.15) is 12.3 Å². The zero-order chi connectivity index (χ0) is 21.1. The molecule has 0 atom stereocenters. The van der Waals surface area contributed by atoms with E-state index in [2.05, 4.69) is 0 Å². The van der Waals surface area contributed by atoms with E-state index in [4.69, 9.17) is 16.2 Å². The third-order valence-electron chi connectivity index (χ3n) is 4.87. The van der Waals surface area contributed by atoms with Crippen molar-refractivity contribution in [1.29, 1.82) is 0 Å². The van der Waals surface area contributed by atoms with Crippen LogP contribution >= 0.6 is 0 Å². The second-order valence-corrected chi connectivity index (χ2v) is 7.04. The quantitative estimate of drug-likeness (QED) is 0.282. The minimum absolute atomic E-state index is 0.0370. The third-order valence-corrected chi connectivity index (χ3v) is 4.87. The Bertz CT molecular complexity index is 772. The lowest BCUT2D eigenvalue weighted by molar-refractivity contribution is -0.920. The molecule has 156 valence electrons. The van der Waals surface area contributed by atoms with Crippen molar-refractivity contribution in [2.24, 2.45) is 11.5 Å². The zero-order valence-electron chi connectivity index (χ0n) is 16.6. The maximum absolute atomic E-state index is 12.4. The second kappa shape index (κ2) is 11.3. The fourth-order valence-corrected chi connectivity index (χ4v) is 3.44. The molecule has 0 aromatic heterocycles. The van der Waals surface area contributed by atoms with Gasteiger partial charge in [0.25, 0.3) is 0 Å². The SMILES string of the molecule is NCC[N+](CCN)(CCCOc1ccc(C(=O)c2ccccc2)cc1)CC(=O)[O-]. The number of benzene rings is 2. The topological polar surface area (TPSA) is 118 Å². The van der Waals surface area contributed by atoms with Gasteiger partial charge < -0.3 is 30.6 Å². The molecule has 29 heavy (non-hydrogen) atoms. The summed E-state index contributed by atoms with van der Waals surface area (Å²) in [5.74, 6) is -0.484. The van der Waals surface area contributed by atoms with Gasteiger partial charge in [-0.25, -0.2) is 0 Å². The smallest absolute Gasteiger partial charge is 0.193 e. The summed E-state index contributed by atoms with van der Waals surface area (Å²) < 4.78 is 6.05. The maximum atomic E-state index is 12.4. The number of quaternary nitrogens is 1. The van der Waals surface area contributed by atoms with Crippen LogP contribution in [-0.4, -0.2) is 62.1 Å². The van der Waals surface area contributed by atoms with E-state index in [1.54, 1.807) is 36.4 Å². The van der Waals surface area contributed by atoms with Crippen LogP contribution in [0.2, 0.25) is 0 Å². The highest BCUT2D eigenvalue weighted by atomic mass is 16.5. The minimum atomic E-state index is -1.11. The molecular formula is C22H29N3O4. The van der Waals surface area contributed by atoms with Crippen LogP contribution in [-0.2, 0) is 4.79 Å². The van der Waals surface area contributed by atoms with E-state index in [0.717, 1.165) is 0 Å². The highest BCUT2D eigenvalue weighted by Crippen LogP contribution is 2.16. The van der Waals surface area contributed by atoms with Gasteiger partial charge >= 0.3 is 0 Å². The number of nitrogens with two attached hydrogens (primary N) is 2. The molecule has 0 aliphatic carbocycles. The van der Waals surface area contributed by atoms with Gasteiger partial charge in [-0.1, -0.05) is 30.3 Å². The Balaban J connectivity index is 1.89. The molecule has 0 spiro atoms. The van der Waals surface area contributed by atoms with Gasteiger partial charge in [0.2, 0.25) is 0 Å². The van der Waals surface area contributed by atoms with Crippen LogP contribution < -0.4 is 21.3 Å². The van der Waals surface area contributed by atoms with Crippen LogP contribution in [0.4, 0.5) is 0 Å². The number of ketones is 1. The summed E-state index contributed by atoms with van der Waals surface area (Å²) in [6.07, 6.45) is 0.651. The molecule has 0 bridgehead atoms. The predicted molar refractivity (Wildman–Crippen MR) is 109 cm³/mol. The number of carboxylic acids is 1. The average Bonchev–Trinajstić information content (AvgIpc) is 2.72. The van der Waals surface area contributed by atoms with Gasteiger partial charge in [0.05, 0.1) is 32.2 Å². The molecule has 2 aromatic rings. The number of carbonyl (C=O) groups excluding carboxylic acids is 2. The number of carboxylic acid groups (broad SMARTS) is 1. The van der Waals surface area contributed by atoms with Crippen LogP contribution in [0.15, 0.2) is 54.6 Å². The van der Waals surface area contributed by atoms with Gasteiger partial charge in [-0.2, -0.15) is 0 Å². The average molecular weight is 399 g/mol. The number of carbonyl (C=O) groups is 2. The van der Waals surface area contributed by atoms with E-state index in [1.165, 1.54) is 0 Å². The number of rotatable bonds is 13. The molecule has 0 unspecified atom stereocenters. The highest BCUT2D eigenvalue weighted by Gasteiger charge is 2.25. The molecule has 0 saturated carbocycles. The van der Waals surface area contributed by atoms with Crippen LogP contribution in [0.3, 0.4) is 0 Å². The Kier molecular flexibility index (Phi) is 8.79. The Morgan fingerprint density at radius 1 is 0.862 bits per heavy atom. The number of aliphatic carboxylic acids is 1. The standard InChI is InChI=1S/C22H29N3O4/c23-11-14-25(15-12-24,17-21(26)27)13-4-16-29-20-9-7-19(8-10-20)22(28)18-5-2-1-3-6-18/h1-3,5-10H,4,11-17,23-24H2. The van der Waals surface area contributed by atoms with E-state index in [1.807, 2.05) is 18.2 Å². The summed E-state index contributed by atoms with van der Waals surface area (Å²) in [4.78, 5) is 23.6. The van der Waals surface area contributed by atoms with Gasteiger partial charge in [0, 0.05) is 30.6 Å². The van der Waals surface area contributed by atoms with Gasteiger partial charge in [-0.15, -0.1) is 0 Å². The summed E-state index contributed by atoms with van der Waals surface area (Å²) in [6.45, 7) is 2.73. The molecule has 7 heteroatoms. The van der Waals surface area contributed by atoms with Crippen LogP contribution in [0.5, 0.6) is 5.75 Å². The lowest BCUT2D eigenvalue weighted by Gasteiger charge is -2.38. The van der Waals surface area contributed by atoms with Crippen molar-refractivity contribution in [3.63, 3.8) is 0 Å². The fraction of sp³-hybridized carbons (Fsp3) is 0.364. The highest BCUT2D eigenvalue weighted by molar-refractivity contribution is 6.08. The van der Waals surface area contributed by atoms with Crippen molar-refractivity contribution in [3.8, 4) is 5.75 Å². The van der Waals surface area contributed by atoms with Gasteiger partial charge in [0.15, 0.2) is 5.78 Å². The van der Waals surface area contributed by atoms with E-state index in [0.29, 0.717) is 67.1 Å². The Hall–Kier alpha value is -2.74. The van der Waals surface area contributed by atoms with Crippen molar-refractivity contribution in [3.05, 3.63) is 65.7 Å². The second-order valence-electron chi connectivity index (χ2n) is 7.04. The zero-order valence-corrected chi connectivity index (χ0v) is 16.6. The lowest BCUT2D eigenvalue weighted by atomic mass is 10.0. The van der Waals surface area contributed by atoms with E-state index in [-0.39, 0.29) is 12.3 Å². The molecule has 7 nitrogen and oxygen atoms in total. The third kappa shape index (κ3) is 6.98. The number of ether oxygens (including phenoxy) is 1. The van der Waals surface area contributed by atoms with Crippen molar-refractivity contribution in [2.75, 3.05) is 45.9 Å². The molecular weight excluding hydrogens is 370 g/mol. The summed E-state index contributed by atoms with van der Waals surface area (Å²) in [5, 5.41) is 11.1. The predicted octanol–water partition coefficient (Wildman–Crippen LogP) is 0.171. The molecule has 0 radical (unpaired) electrons. The van der Waals surface area contributed by atoms with Gasteiger partial charge in [-0.3, -0.25) is 4.79 Å². The Labute approximate surface area is 171 Å². The van der Waals surface area contributed by atoms with Crippen LogP contribution in [0.1, 0.15) is 22.3 Å². The molecule has 0 aliphatic rings. The number of hydrogen-bond acceptors (Lipinski definition) is 6.